The van der Waals surface area contributed by atoms with Crippen molar-refractivity contribution in [2.75, 3.05) is 5.88 Å². The largest absolute Gasteiger partial charge is 0.293 e. The molecule has 11 heavy (non-hydrogen) atoms. The molecule has 0 heterocycles. The Hall–Kier alpha value is -1.02. The first-order valence-corrected chi connectivity index (χ1v) is 3.63. The molecule has 57 valence electrons. The lowest BCUT2D eigenvalue weighted by molar-refractivity contribution is 0.102. The average molecular weight is 170 g/mol. The standard InChI is InChI=1S/C8H6ClO2/c9-5-8(11)6-1-3-7(10)4-2-6/h1-4H,5H2. The third kappa shape index (κ3) is 1.95. The van der Waals surface area contributed by atoms with E-state index in [1.807, 2.05) is 0 Å². The molecule has 0 amide bonds. The summed E-state index contributed by atoms with van der Waals surface area (Å²) in [5.74, 6) is -0.305. The number of alkyl halides is 1. The van der Waals surface area contributed by atoms with Crippen molar-refractivity contribution in [1.29, 1.82) is 0 Å². The first kappa shape index (κ1) is 8.08. The molecule has 0 fully saturated rings. The Morgan fingerprint density at radius 3 is 2.27 bits per heavy atom. The van der Waals surface area contributed by atoms with Gasteiger partial charge in [-0.1, -0.05) is 0 Å². The van der Waals surface area contributed by atoms with Crippen LogP contribution < -0.4 is 0 Å². The van der Waals surface area contributed by atoms with Crippen LogP contribution in [0.15, 0.2) is 24.3 Å². The van der Waals surface area contributed by atoms with E-state index in [1.54, 1.807) is 0 Å². The summed E-state index contributed by atoms with van der Waals surface area (Å²) in [5, 5.41) is 10.6. The van der Waals surface area contributed by atoms with Crippen molar-refractivity contribution >= 4 is 17.4 Å². The number of hydrogen-bond acceptors (Lipinski definition) is 1. The van der Waals surface area contributed by atoms with E-state index in [2.05, 4.69) is 0 Å². The Kier molecular flexibility index (Phi) is 2.49. The van der Waals surface area contributed by atoms with Gasteiger partial charge in [0.2, 0.25) is 0 Å². The second-order valence-electron chi connectivity index (χ2n) is 2.08. The second-order valence-corrected chi connectivity index (χ2v) is 2.35. The van der Waals surface area contributed by atoms with Gasteiger partial charge in [-0.25, -0.2) is 0 Å². The SMILES string of the molecule is [O]c1ccc(C(=O)CCl)cc1. The van der Waals surface area contributed by atoms with Crippen molar-refractivity contribution < 1.29 is 9.90 Å². The van der Waals surface area contributed by atoms with Gasteiger partial charge in [-0.15, -0.1) is 11.6 Å². The van der Waals surface area contributed by atoms with Crippen LogP contribution in [0.4, 0.5) is 0 Å². The lowest BCUT2D eigenvalue weighted by Gasteiger charge is -1.93. The van der Waals surface area contributed by atoms with Crippen molar-refractivity contribution in [3.05, 3.63) is 29.8 Å². The third-order valence-corrected chi connectivity index (χ3v) is 1.54. The first-order chi connectivity index (χ1) is 5.24. The molecule has 0 aliphatic heterocycles. The molecule has 1 rings (SSSR count). The quantitative estimate of drug-likeness (QED) is 0.494. The van der Waals surface area contributed by atoms with E-state index in [-0.39, 0.29) is 17.4 Å². The van der Waals surface area contributed by atoms with Crippen LogP contribution in [0, 0.1) is 0 Å². The lowest BCUT2D eigenvalue weighted by Crippen LogP contribution is -1.98. The molecular weight excluding hydrogens is 164 g/mol. The fourth-order valence-electron chi connectivity index (χ4n) is 0.718. The summed E-state index contributed by atoms with van der Waals surface area (Å²) >= 11 is 5.30. The van der Waals surface area contributed by atoms with Gasteiger partial charge in [0.1, 0.15) is 0 Å². The highest BCUT2D eigenvalue weighted by Gasteiger charge is 2.02. The normalized spacial score (nSPS) is 9.55. The predicted octanol–water partition coefficient (Wildman–Crippen LogP) is 2.25. The molecule has 0 spiro atoms. The van der Waals surface area contributed by atoms with E-state index >= 15 is 0 Å². The molecule has 0 unspecified atom stereocenters. The van der Waals surface area contributed by atoms with Crippen molar-refractivity contribution in [2.24, 2.45) is 0 Å². The summed E-state index contributed by atoms with van der Waals surface area (Å²) in [5.41, 5.74) is 0.486. The van der Waals surface area contributed by atoms with Crippen LogP contribution in [0.25, 0.3) is 0 Å². The molecule has 0 aliphatic rings. The lowest BCUT2D eigenvalue weighted by atomic mass is 10.1. The monoisotopic (exact) mass is 169 g/mol. The zero-order valence-corrected chi connectivity index (χ0v) is 6.47. The summed E-state index contributed by atoms with van der Waals surface area (Å²) in [6, 6.07) is 5.65. The molecular formula is C8H6ClO2. The Bertz CT molecular complexity index is 253. The van der Waals surface area contributed by atoms with E-state index in [4.69, 9.17) is 11.6 Å². The molecule has 0 bridgehead atoms. The minimum absolute atomic E-state index is 0.0434. The summed E-state index contributed by atoms with van der Waals surface area (Å²) in [6.07, 6.45) is 0. The van der Waals surface area contributed by atoms with Gasteiger partial charge in [-0.05, 0) is 24.3 Å². The zero-order chi connectivity index (χ0) is 8.27. The molecule has 1 aromatic carbocycles. The third-order valence-electron chi connectivity index (χ3n) is 1.30. The fourth-order valence-corrected chi connectivity index (χ4v) is 0.872. The van der Waals surface area contributed by atoms with Gasteiger partial charge in [0.25, 0.3) is 0 Å². The van der Waals surface area contributed by atoms with Crippen LogP contribution in [0.2, 0.25) is 0 Å². The number of hydrogen-bond donors (Lipinski definition) is 0. The maximum atomic E-state index is 10.9. The molecule has 1 radical (unpaired) electrons. The number of halogens is 1. The number of rotatable bonds is 2. The van der Waals surface area contributed by atoms with E-state index in [0.717, 1.165) is 0 Å². The van der Waals surface area contributed by atoms with E-state index in [9.17, 15) is 9.90 Å². The summed E-state index contributed by atoms with van der Waals surface area (Å²) in [7, 11) is 0. The summed E-state index contributed by atoms with van der Waals surface area (Å²) in [4.78, 5) is 10.9. The predicted molar refractivity (Wildman–Crippen MR) is 41.6 cm³/mol. The highest BCUT2D eigenvalue weighted by atomic mass is 35.5. The van der Waals surface area contributed by atoms with Crippen LogP contribution in [-0.4, -0.2) is 11.7 Å². The van der Waals surface area contributed by atoms with Crippen molar-refractivity contribution in [1.82, 2.24) is 0 Å². The molecule has 0 saturated carbocycles. The highest BCUT2D eigenvalue weighted by Crippen LogP contribution is 2.10. The van der Waals surface area contributed by atoms with Gasteiger partial charge < -0.3 is 0 Å². The number of carbonyl (C=O) groups excluding carboxylic acids is 1. The van der Waals surface area contributed by atoms with Crippen molar-refractivity contribution in [2.45, 2.75) is 0 Å². The van der Waals surface area contributed by atoms with Gasteiger partial charge in [0, 0.05) is 5.56 Å². The summed E-state index contributed by atoms with van der Waals surface area (Å²) < 4.78 is 0. The van der Waals surface area contributed by atoms with Gasteiger partial charge in [0.15, 0.2) is 11.5 Å². The molecule has 0 aliphatic carbocycles. The van der Waals surface area contributed by atoms with E-state index in [0.29, 0.717) is 5.56 Å². The molecule has 3 heteroatoms. The minimum atomic E-state index is -0.160. The molecule has 0 N–H and O–H groups in total. The van der Waals surface area contributed by atoms with Gasteiger partial charge in [-0.2, -0.15) is 0 Å². The number of Topliss-reactive ketones (excluding diaryl/α,β-unsaturated/α-hetero) is 1. The minimum Gasteiger partial charge on any atom is -0.293 e. The smallest absolute Gasteiger partial charge is 0.178 e. The molecule has 2 nitrogen and oxygen atoms in total. The average Bonchev–Trinajstić information content (AvgIpc) is 2.05. The second kappa shape index (κ2) is 3.39. The molecule has 0 aromatic heterocycles. The highest BCUT2D eigenvalue weighted by molar-refractivity contribution is 6.30. The topological polar surface area (TPSA) is 37.0 Å². The Labute approximate surface area is 69.4 Å². The first-order valence-electron chi connectivity index (χ1n) is 3.10. The number of ketones is 1. The van der Waals surface area contributed by atoms with Crippen LogP contribution in [0.5, 0.6) is 5.75 Å². The van der Waals surface area contributed by atoms with Crippen LogP contribution in [0.3, 0.4) is 0 Å². The van der Waals surface area contributed by atoms with Crippen molar-refractivity contribution in [3.63, 3.8) is 0 Å². The van der Waals surface area contributed by atoms with Crippen LogP contribution in [-0.2, 0) is 5.11 Å². The Balaban J connectivity index is 2.90. The maximum Gasteiger partial charge on any atom is 0.178 e. The molecule has 0 saturated heterocycles. The van der Waals surface area contributed by atoms with Gasteiger partial charge in [0.05, 0.1) is 5.88 Å². The van der Waals surface area contributed by atoms with Crippen molar-refractivity contribution in [3.8, 4) is 5.75 Å². The van der Waals surface area contributed by atoms with Gasteiger partial charge >= 0.3 is 0 Å². The fraction of sp³-hybridized carbons (Fsp3) is 0.125. The summed E-state index contributed by atoms with van der Waals surface area (Å²) in [6.45, 7) is 0. The molecule has 0 atom stereocenters. The van der Waals surface area contributed by atoms with E-state index in [1.165, 1.54) is 24.3 Å². The zero-order valence-electron chi connectivity index (χ0n) is 5.71. The number of benzene rings is 1. The Morgan fingerprint density at radius 2 is 1.82 bits per heavy atom. The Morgan fingerprint density at radius 1 is 1.27 bits per heavy atom. The van der Waals surface area contributed by atoms with Gasteiger partial charge in [-0.3, -0.25) is 9.90 Å². The van der Waals surface area contributed by atoms with E-state index < -0.39 is 0 Å². The maximum absolute atomic E-state index is 10.9. The number of carbonyl (C=O) groups is 1. The van der Waals surface area contributed by atoms with Crippen LogP contribution in [0.1, 0.15) is 10.4 Å². The van der Waals surface area contributed by atoms with Crippen LogP contribution >= 0.6 is 11.6 Å². The molecule has 1 aromatic rings.